The first-order valence-electron chi connectivity index (χ1n) is 7.24. The highest BCUT2D eigenvalue weighted by molar-refractivity contribution is 5.98. The van der Waals surface area contributed by atoms with Gasteiger partial charge in [-0.25, -0.2) is 0 Å². The van der Waals surface area contributed by atoms with Gasteiger partial charge in [0.25, 0.3) is 5.91 Å². The van der Waals surface area contributed by atoms with Crippen LogP contribution in [0.4, 0.5) is 0 Å². The van der Waals surface area contributed by atoms with Crippen molar-refractivity contribution in [3.05, 3.63) is 46.2 Å². The molecule has 0 saturated carbocycles. The van der Waals surface area contributed by atoms with Gasteiger partial charge in [0, 0.05) is 30.2 Å². The second kappa shape index (κ2) is 6.89. The molecule has 0 aliphatic rings. The largest absolute Gasteiger partial charge is 0.360 e. The molecule has 1 aromatic heterocycles. The Balaban J connectivity index is 2.15. The Labute approximate surface area is 128 Å². The van der Waals surface area contributed by atoms with Crippen LogP contribution in [0.25, 0.3) is 10.9 Å². The summed E-state index contributed by atoms with van der Waals surface area (Å²) in [6.07, 6.45) is 1.38. The predicted octanol–water partition coefficient (Wildman–Crippen LogP) is 1.13. The topological polar surface area (TPSA) is 82.3 Å². The number of nitrogens with zero attached hydrogens (tertiary/aromatic N) is 1. The van der Waals surface area contributed by atoms with Gasteiger partial charge in [0.1, 0.15) is 5.56 Å². The SMILES string of the molecule is CCN(CC)C(=O)CNC(=O)c1c[nH]c2ccccc2c1=O. The summed E-state index contributed by atoms with van der Waals surface area (Å²) >= 11 is 0. The van der Waals surface area contributed by atoms with Crippen molar-refractivity contribution in [1.29, 1.82) is 0 Å². The molecule has 0 spiro atoms. The van der Waals surface area contributed by atoms with E-state index in [1.165, 1.54) is 6.20 Å². The molecule has 0 bridgehead atoms. The Kier molecular flexibility index (Phi) is 4.93. The van der Waals surface area contributed by atoms with Crippen molar-refractivity contribution >= 4 is 22.7 Å². The standard InChI is InChI=1S/C16H19N3O3/c1-3-19(4-2)14(20)10-18-16(22)12-9-17-13-8-6-5-7-11(13)15(12)21/h5-9H,3-4,10H2,1-2H3,(H,17,21)(H,18,22). The highest BCUT2D eigenvalue weighted by atomic mass is 16.2. The van der Waals surface area contributed by atoms with Gasteiger partial charge in [-0.2, -0.15) is 0 Å². The van der Waals surface area contributed by atoms with E-state index in [0.29, 0.717) is 24.0 Å². The van der Waals surface area contributed by atoms with Gasteiger partial charge >= 0.3 is 0 Å². The molecule has 2 N–H and O–H groups in total. The molecule has 0 aliphatic heterocycles. The molecular formula is C16H19N3O3. The number of aromatic nitrogens is 1. The zero-order valence-corrected chi connectivity index (χ0v) is 12.7. The number of amides is 2. The quantitative estimate of drug-likeness (QED) is 0.868. The lowest BCUT2D eigenvalue weighted by molar-refractivity contribution is -0.129. The lowest BCUT2D eigenvalue weighted by Gasteiger charge is -2.18. The fourth-order valence-corrected chi connectivity index (χ4v) is 2.28. The first-order valence-corrected chi connectivity index (χ1v) is 7.24. The molecule has 22 heavy (non-hydrogen) atoms. The van der Waals surface area contributed by atoms with E-state index in [2.05, 4.69) is 10.3 Å². The van der Waals surface area contributed by atoms with Gasteiger partial charge in [0.15, 0.2) is 0 Å². The van der Waals surface area contributed by atoms with Crippen LogP contribution in [0.5, 0.6) is 0 Å². The lowest BCUT2D eigenvalue weighted by Crippen LogP contribution is -2.41. The number of pyridine rings is 1. The van der Waals surface area contributed by atoms with E-state index < -0.39 is 5.91 Å². The molecule has 6 heteroatoms. The smallest absolute Gasteiger partial charge is 0.257 e. The third-order valence-electron chi connectivity index (χ3n) is 3.55. The minimum atomic E-state index is -0.549. The number of para-hydroxylation sites is 1. The van der Waals surface area contributed by atoms with Gasteiger partial charge in [0.05, 0.1) is 6.54 Å². The highest BCUT2D eigenvalue weighted by Gasteiger charge is 2.15. The van der Waals surface area contributed by atoms with Crippen molar-refractivity contribution in [3.8, 4) is 0 Å². The van der Waals surface area contributed by atoms with Gasteiger partial charge in [0.2, 0.25) is 11.3 Å². The third kappa shape index (κ3) is 3.16. The summed E-state index contributed by atoms with van der Waals surface area (Å²) < 4.78 is 0. The molecule has 0 saturated heterocycles. The Morgan fingerprint density at radius 1 is 1.18 bits per heavy atom. The zero-order chi connectivity index (χ0) is 16.1. The summed E-state index contributed by atoms with van der Waals surface area (Å²) in [6.45, 7) is 4.80. The number of carbonyl (C=O) groups is 2. The Hall–Kier alpha value is -2.63. The Morgan fingerprint density at radius 2 is 1.86 bits per heavy atom. The van der Waals surface area contributed by atoms with Crippen LogP contribution in [0.15, 0.2) is 35.3 Å². The average Bonchev–Trinajstić information content (AvgIpc) is 2.54. The zero-order valence-electron chi connectivity index (χ0n) is 12.7. The number of nitrogens with one attached hydrogen (secondary N) is 2. The highest BCUT2D eigenvalue weighted by Crippen LogP contribution is 2.06. The normalized spacial score (nSPS) is 10.5. The van der Waals surface area contributed by atoms with Crippen molar-refractivity contribution in [3.63, 3.8) is 0 Å². The molecule has 1 aromatic carbocycles. The van der Waals surface area contributed by atoms with E-state index in [4.69, 9.17) is 0 Å². The van der Waals surface area contributed by atoms with Crippen molar-refractivity contribution in [2.75, 3.05) is 19.6 Å². The van der Waals surface area contributed by atoms with E-state index in [1.807, 2.05) is 13.8 Å². The molecule has 0 unspecified atom stereocenters. The summed E-state index contributed by atoms with van der Waals surface area (Å²) in [5.41, 5.74) is 0.330. The molecular weight excluding hydrogens is 282 g/mol. The summed E-state index contributed by atoms with van der Waals surface area (Å²) in [6, 6.07) is 6.97. The predicted molar refractivity (Wildman–Crippen MR) is 84.8 cm³/mol. The molecule has 0 aliphatic carbocycles. The molecule has 116 valence electrons. The molecule has 1 heterocycles. The Morgan fingerprint density at radius 3 is 2.55 bits per heavy atom. The maximum absolute atomic E-state index is 12.3. The Bertz CT molecular complexity index is 748. The van der Waals surface area contributed by atoms with E-state index in [-0.39, 0.29) is 23.4 Å². The summed E-state index contributed by atoms with van der Waals surface area (Å²) in [4.78, 5) is 40.8. The number of H-pyrrole nitrogens is 1. The fourth-order valence-electron chi connectivity index (χ4n) is 2.28. The van der Waals surface area contributed by atoms with Crippen LogP contribution in [0, 0.1) is 0 Å². The molecule has 0 atom stereocenters. The summed E-state index contributed by atoms with van der Waals surface area (Å²) in [7, 11) is 0. The van der Waals surface area contributed by atoms with Gasteiger partial charge in [-0.05, 0) is 26.0 Å². The van der Waals surface area contributed by atoms with E-state index in [0.717, 1.165) is 0 Å². The minimum absolute atomic E-state index is 0.00560. The second-order valence-corrected chi connectivity index (χ2v) is 4.83. The van der Waals surface area contributed by atoms with Crippen LogP contribution >= 0.6 is 0 Å². The molecule has 0 radical (unpaired) electrons. The van der Waals surface area contributed by atoms with E-state index in [9.17, 15) is 14.4 Å². The average molecular weight is 301 g/mol. The van der Waals surface area contributed by atoms with Crippen LogP contribution in [0.1, 0.15) is 24.2 Å². The molecule has 6 nitrogen and oxygen atoms in total. The maximum Gasteiger partial charge on any atom is 0.257 e. The first-order chi connectivity index (χ1) is 10.6. The van der Waals surface area contributed by atoms with Crippen molar-refractivity contribution in [1.82, 2.24) is 15.2 Å². The van der Waals surface area contributed by atoms with E-state index in [1.54, 1.807) is 29.2 Å². The lowest BCUT2D eigenvalue weighted by atomic mass is 10.1. The maximum atomic E-state index is 12.3. The van der Waals surface area contributed by atoms with E-state index >= 15 is 0 Å². The summed E-state index contributed by atoms with van der Waals surface area (Å²) in [5, 5.41) is 2.95. The van der Waals surface area contributed by atoms with Gasteiger partial charge in [-0.15, -0.1) is 0 Å². The van der Waals surface area contributed by atoms with Crippen molar-refractivity contribution < 1.29 is 9.59 Å². The minimum Gasteiger partial charge on any atom is -0.360 e. The van der Waals surface area contributed by atoms with Crippen molar-refractivity contribution in [2.24, 2.45) is 0 Å². The number of hydrogen-bond acceptors (Lipinski definition) is 3. The fraction of sp³-hybridized carbons (Fsp3) is 0.312. The monoisotopic (exact) mass is 301 g/mol. The molecule has 2 aromatic rings. The summed E-state index contributed by atoms with van der Waals surface area (Å²) in [5.74, 6) is -0.719. The van der Waals surface area contributed by atoms with Crippen LogP contribution in [0.3, 0.4) is 0 Å². The number of rotatable bonds is 5. The number of aromatic amines is 1. The molecule has 2 rings (SSSR count). The molecule has 2 amide bonds. The number of likely N-dealkylation sites (N-methyl/N-ethyl adjacent to an activating group) is 1. The van der Waals surface area contributed by atoms with Crippen LogP contribution in [-0.4, -0.2) is 41.3 Å². The molecule has 0 fully saturated rings. The number of fused-ring (bicyclic) bond motifs is 1. The third-order valence-corrected chi connectivity index (χ3v) is 3.55. The first kappa shape index (κ1) is 15.8. The number of benzene rings is 1. The van der Waals surface area contributed by atoms with Crippen molar-refractivity contribution in [2.45, 2.75) is 13.8 Å². The second-order valence-electron chi connectivity index (χ2n) is 4.83. The van der Waals surface area contributed by atoms with Gasteiger partial charge in [-0.3, -0.25) is 14.4 Å². The number of hydrogen-bond donors (Lipinski definition) is 2. The van der Waals surface area contributed by atoms with Crippen LogP contribution in [0.2, 0.25) is 0 Å². The van der Waals surface area contributed by atoms with Crippen LogP contribution in [-0.2, 0) is 4.79 Å². The van der Waals surface area contributed by atoms with Gasteiger partial charge < -0.3 is 15.2 Å². The van der Waals surface area contributed by atoms with Gasteiger partial charge in [-0.1, -0.05) is 12.1 Å². The number of carbonyl (C=O) groups excluding carboxylic acids is 2. The van der Waals surface area contributed by atoms with Crippen LogP contribution < -0.4 is 10.7 Å².